The molecule has 2 heterocycles. The van der Waals surface area contributed by atoms with Gasteiger partial charge in [0.2, 0.25) is 5.91 Å². The molecule has 0 unspecified atom stereocenters. The lowest BCUT2D eigenvalue weighted by Crippen LogP contribution is -2.41. The minimum Gasteiger partial charge on any atom is -0.353 e. The summed E-state index contributed by atoms with van der Waals surface area (Å²) < 4.78 is 1.57. The fourth-order valence-electron chi connectivity index (χ4n) is 2.51. The maximum Gasteiger partial charge on any atom is 0.244 e. The summed E-state index contributed by atoms with van der Waals surface area (Å²) in [5, 5.41) is 6.94. The number of nitrogens with zero attached hydrogens (tertiary/aromatic N) is 4. The molecule has 106 valence electrons. The number of hydrogen-bond donors (Lipinski definition) is 1. The molecule has 19 heavy (non-hydrogen) atoms. The maximum atomic E-state index is 11.9. The van der Waals surface area contributed by atoms with Gasteiger partial charge in [-0.15, -0.1) is 0 Å². The molecule has 1 N–H and O–H groups in total. The van der Waals surface area contributed by atoms with Crippen LogP contribution in [0.5, 0.6) is 0 Å². The average molecular weight is 265 g/mol. The lowest BCUT2D eigenvalue weighted by atomic mass is 10.0. The van der Waals surface area contributed by atoms with Crippen LogP contribution in [-0.4, -0.2) is 51.8 Å². The molecule has 1 aromatic rings. The molecule has 6 nitrogen and oxygen atoms in total. The second kappa shape index (κ2) is 6.65. The highest BCUT2D eigenvalue weighted by Gasteiger charge is 2.17. The van der Waals surface area contributed by atoms with Crippen LogP contribution in [0.2, 0.25) is 0 Å². The zero-order chi connectivity index (χ0) is 13.7. The number of amides is 1. The fraction of sp³-hybridized carbons (Fsp3) is 0.769. The predicted molar refractivity (Wildman–Crippen MR) is 72.6 cm³/mol. The highest BCUT2D eigenvalue weighted by Crippen LogP contribution is 2.14. The molecule has 0 saturated carbocycles. The molecule has 1 fully saturated rings. The Morgan fingerprint density at radius 2 is 2.42 bits per heavy atom. The van der Waals surface area contributed by atoms with E-state index in [9.17, 15) is 4.79 Å². The number of piperidine rings is 1. The lowest BCUT2D eigenvalue weighted by Gasteiger charge is -2.30. The molecule has 0 radical (unpaired) electrons. The highest BCUT2D eigenvalue weighted by molar-refractivity contribution is 5.79. The summed E-state index contributed by atoms with van der Waals surface area (Å²) in [7, 11) is 0. The van der Waals surface area contributed by atoms with Crippen LogP contribution in [0.15, 0.2) is 12.7 Å². The Labute approximate surface area is 114 Å². The Morgan fingerprint density at radius 1 is 1.58 bits per heavy atom. The molecular formula is C13H23N5O. The minimum atomic E-state index is -0.303. The first-order chi connectivity index (χ1) is 9.16. The number of rotatable bonds is 5. The van der Waals surface area contributed by atoms with Gasteiger partial charge in [0.15, 0.2) is 0 Å². The Hall–Kier alpha value is -1.43. The standard InChI is InChI=1S/C13H23N5O/c1-11-4-3-6-17(8-11)7-5-15-13(19)12(2)18-10-14-9-16-18/h9-12H,3-8H2,1-2H3,(H,15,19)/t11-,12+/m1/s1. The van der Waals surface area contributed by atoms with Gasteiger partial charge in [0, 0.05) is 19.6 Å². The third-order valence-electron chi connectivity index (χ3n) is 3.68. The van der Waals surface area contributed by atoms with Gasteiger partial charge in [0.05, 0.1) is 0 Å². The van der Waals surface area contributed by atoms with Gasteiger partial charge in [-0.25, -0.2) is 9.67 Å². The molecule has 6 heteroatoms. The topological polar surface area (TPSA) is 63.1 Å². The number of carbonyl (C=O) groups is 1. The van der Waals surface area contributed by atoms with Crippen LogP contribution in [0.3, 0.4) is 0 Å². The van der Waals surface area contributed by atoms with Crippen molar-refractivity contribution in [3.05, 3.63) is 12.7 Å². The molecule has 1 saturated heterocycles. The van der Waals surface area contributed by atoms with Crippen LogP contribution >= 0.6 is 0 Å². The fourth-order valence-corrected chi connectivity index (χ4v) is 2.51. The third kappa shape index (κ3) is 4.02. The molecule has 0 aromatic carbocycles. The minimum absolute atomic E-state index is 0.00411. The van der Waals surface area contributed by atoms with Crippen molar-refractivity contribution < 1.29 is 4.79 Å². The van der Waals surface area contributed by atoms with Gasteiger partial charge in [-0.1, -0.05) is 6.92 Å². The predicted octanol–water partition coefficient (Wildman–Crippen LogP) is 0.687. The molecule has 2 atom stereocenters. The van der Waals surface area contributed by atoms with E-state index in [0.717, 1.165) is 25.6 Å². The summed E-state index contributed by atoms with van der Waals surface area (Å²) in [5.74, 6) is 0.772. The van der Waals surface area contributed by atoms with Crippen molar-refractivity contribution in [1.29, 1.82) is 0 Å². The van der Waals surface area contributed by atoms with Crippen LogP contribution in [-0.2, 0) is 4.79 Å². The molecular weight excluding hydrogens is 242 g/mol. The van der Waals surface area contributed by atoms with E-state index in [-0.39, 0.29) is 11.9 Å². The van der Waals surface area contributed by atoms with Gasteiger partial charge in [0.25, 0.3) is 0 Å². The molecule has 1 aliphatic heterocycles. The van der Waals surface area contributed by atoms with Gasteiger partial charge < -0.3 is 10.2 Å². The lowest BCUT2D eigenvalue weighted by molar-refractivity contribution is -0.124. The quantitative estimate of drug-likeness (QED) is 0.850. The number of aromatic nitrogens is 3. The van der Waals surface area contributed by atoms with E-state index in [4.69, 9.17) is 0 Å². The van der Waals surface area contributed by atoms with Crippen LogP contribution in [0, 0.1) is 5.92 Å². The van der Waals surface area contributed by atoms with E-state index in [0.29, 0.717) is 6.54 Å². The Kier molecular flexibility index (Phi) is 4.90. The largest absolute Gasteiger partial charge is 0.353 e. The molecule has 1 amide bonds. The monoisotopic (exact) mass is 265 g/mol. The van der Waals surface area contributed by atoms with Crippen molar-refractivity contribution in [1.82, 2.24) is 25.0 Å². The summed E-state index contributed by atoms with van der Waals surface area (Å²) in [6.45, 7) is 8.04. The number of hydrogen-bond acceptors (Lipinski definition) is 4. The average Bonchev–Trinajstić information content (AvgIpc) is 2.91. The van der Waals surface area contributed by atoms with Crippen molar-refractivity contribution in [3.8, 4) is 0 Å². The number of likely N-dealkylation sites (tertiary alicyclic amines) is 1. The van der Waals surface area contributed by atoms with Gasteiger partial charge in [-0.2, -0.15) is 5.10 Å². The summed E-state index contributed by atoms with van der Waals surface area (Å²) in [6, 6.07) is -0.303. The summed E-state index contributed by atoms with van der Waals surface area (Å²) in [6.07, 6.45) is 5.60. The van der Waals surface area contributed by atoms with E-state index in [1.807, 2.05) is 6.92 Å². The van der Waals surface area contributed by atoms with E-state index >= 15 is 0 Å². The Morgan fingerprint density at radius 3 is 3.11 bits per heavy atom. The maximum absolute atomic E-state index is 11.9. The summed E-state index contributed by atoms with van der Waals surface area (Å²) in [4.78, 5) is 18.2. The zero-order valence-electron chi connectivity index (χ0n) is 11.7. The summed E-state index contributed by atoms with van der Waals surface area (Å²) in [5.41, 5.74) is 0. The number of nitrogens with one attached hydrogen (secondary N) is 1. The van der Waals surface area contributed by atoms with Crippen molar-refractivity contribution in [3.63, 3.8) is 0 Å². The van der Waals surface area contributed by atoms with Crippen molar-refractivity contribution >= 4 is 5.91 Å². The summed E-state index contributed by atoms with van der Waals surface area (Å²) >= 11 is 0. The molecule has 0 aliphatic carbocycles. The van der Waals surface area contributed by atoms with E-state index in [2.05, 4.69) is 27.2 Å². The van der Waals surface area contributed by atoms with Crippen LogP contribution in [0.4, 0.5) is 0 Å². The van der Waals surface area contributed by atoms with E-state index in [1.54, 1.807) is 11.0 Å². The van der Waals surface area contributed by atoms with Gasteiger partial charge in [-0.05, 0) is 32.2 Å². The third-order valence-corrected chi connectivity index (χ3v) is 3.68. The second-order valence-corrected chi connectivity index (χ2v) is 5.39. The Balaban J connectivity index is 1.69. The van der Waals surface area contributed by atoms with Crippen LogP contribution in [0.1, 0.15) is 32.7 Å². The molecule has 2 rings (SSSR count). The first-order valence-corrected chi connectivity index (χ1v) is 7.01. The van der Waals surface area contributed by atoms with Gasteiger partial charge in [0.1, 0.15) is 18.7 Å². The van der Waals surface area contributed by atoms with Crippen molar-refractivity contribution in [2.75, 3.05) is 26.2 Å². The normalized spacial score (nSPS) is 22.1. The van der Waals surface area contributed by atoms with E-state index < -0.39 is 0 Å². The van der Waals surface area contributed by atoms with Crippen LogP contribution in [0.25, 0.3) is 0 Å². The molecule has 0 bridgehead atoms. The van der Waals surface area contributed by atoms with Crippen LogP contribution < -0.4 is 5.32 Å². The SMILES string of the molecule is C[C@@H]1CCCN(CCNC(=O)[C@H](C)n2cncn2)C1. The molecule has 1 aliphatic rings. The van der Waals surface area contributed by atoms with Gasteiger partial charge >= 0.3 is 0 Å². The molecule has 0 spiro atoms. The molecule has 1 aromatic heterocycles. The Bertz CT molecular complexity index is 392. The first kappa shape index (κ1) is 14.0. The van der Waals surface area contributed by atoms with E-state index in [1.165, 1.54) is 19.2 Å². The van der Waals surface area contributed by atoms with Crippen molar-refractivity contribution in [2.24, 2.45) is 5.92 Å². The van der Waals surface area contributed by atoms with Gasteiger partial charge in [-0.3, -0.25) is 4.79 Å². The highest BCUT2D eigenvalue weighted by atomic mass is 16.2. The smallest absolute Gasteiger partial charge is 0.244 e. The number of carbonyl (C=O) groups excluding carboxylic acids is 1. The second-order valence-electron chi connectivity index (χ2n) is 5.39. The zero-order valence-corrected chi connectivity index (χ0v) is 11.7. The van der Waals surface area contributed by atoms with Crippen molar-refractivity contribution in [2.45, 2.75) is 32.7 Å². The first-order valence-electron chi connectivity index (χ1n) is 7.01.